The van der Waals surface area contributed by atoms with Crippen LogP contribution in [0.4, 0.5) is 15.9 Å². The van der Waals surface area contributed by atoms with E-state index in [2.05, 4.69) is 20.7 Å². The van der Waals surface area contributed by atoms with E-state index in [9.17, 15) is 4.39 Å². The second kappa shape index (κ2) is 7.51. The van der Waals surface area contributed by atoms with E-state index in [1.165, 1.54) is 18.5 Å². The maximum atomic E-state index is 14.0. The van der Waals surface area contributed by atoms with Crippen LogP contribution < -0.4 is 10.1 Å². The minimum absolute atomic E-state index is 0.0101. The molecule has 1 saturated carbocycles. The molecule has 1 spiro atoms. The van der Waals surface area contributed by atoms with Gasteiger partial charge in [0.15, 0.2) is 5.79 Å². The summed E-state index contributed by atoms with van der Waals surface area (Å²) in [5.74, 6) is 0.408. The lowest BCUT2D eigenvalue weighted by Gasteiger charge is -2.35. The standard InChI is InChI=1S/C21H22FN3O3S/c1-13-11-29-20-18(13)19(23-12-24-20)25-16-3-2-14(22)10-17(16)28-15-4-6-21(7-5-15)26-8-9-27-21/h2-3,10-12,15H,4-9H2,1H3,(H,23,24,25). The number of nitrogens with one attached hydrogen (secondary N) is 1. The lowest BCUT2D eigenvalue weighted by atomic mass is 9.92. The molecule has 6 nitrogen and oxygen atoms in total. The average Bonchev–Trinajstić information content (AvgIpc) is 3.34. The van der Waals surface area contributed by atoms with Gasteiger partial charge >= 0.3 is 0 Å². The van der Waals surface area contributed by atoms with Gasteiger partial charge in [0.05, 0.1) is 30.4 Å². The van der Waals surface area contributed by atoms with Crippen LogP contribution in [0.3, 0.4) is 0 Å². The summed E-state index contributed by atoms with van der Waals surface area (Å²) in [6.45, 7) is 3.33. The summed E-state index contributed by atoms with van der Waals surface area (Å²) in [6.07, 6.45) is 4.71. The number of ether oxygens (including phenoxy) is 3. The van der Waals surface area contributed by atoms with Crippen molar-refractivity contribution in [2.24, 2.45) is 0 Å². The topological polar surface area (TPSA) is 65.5 Å². The molecule has 1 N–H and O–H groups in total. The number of rotatable bonds is 4. The third-order valence-electron chi connectivity index (χ3n) is 5.55. The molecule has 0 atom stereocenters. The Morgan fingerprint density at radius 2 is 2.00 bits per heavy atom. The highest BCUT2D eigenvalue weighted by Crippen LogP contribution is 2.39. The Hall–Kier alpha value is -2.29. The van der Waals surface area contributed by atoms with Gasteiger partial charge in [0, 0.05) is 18.9 Å². The van der Waals surface area contributed by atoms with Crippen LogP contribution in [0.1, 0.15) is 31.2 Å². The Kier molecular flexibility index (Phi) is 4.85. The molecule has 5 rings (SSSR count). The summed E-state index contributed by atoms with van der Waals surface area (Å²) in [6, 6.07) is 4.53. The van der Waals surface area contributed by atoms with E-state index in [4.69, 9.17) is 14.2 Å². The molecule has 152 valence electrons. The molecule has 2 fully saturated rings. The molecule has 2 aliphatic rings. The zero-order valence-corrected chi connectivity index (χ0v) is 16.9. The maximum absolute atomic E-state index is 14.0. The van der Waals surface area contributed by atoms with E-state index >= 15 is 0 Å². The van der Waals surface area contributed by atoms with Crippen LogP contribution in [0, 0.1) is 12.7 Å². The fourth-order valence-corrected chi connectivity index (χ4v) is 4.94. The molecular formula is C21H22FN3O3S. The van der Waals surface area contributed by atoms with Crippen molar-refractivity contribution < 1.29 is 18.6 Å². The number of hydrogen-bond donors (Lipinski definition) is 1. The van der Waals surface area contributed by atoms with Gasteiger partial charge in [-0.2, -0.15) is 0 Å². The first-order chi connectivity index (χ1) is 14.1. The normalized spacial score (nSPS) is 19.1. The number of aryl methyl sites for hydroxylation is 1. The van der Waals surface area contributed by atoms with E-state index in [0.717, 1.165) is 41.5 Å². The van der Waals surface area contributed by atoms with Crippen molar-refractivity contribution in [3.63, 3.8) is 0 Å². The van der Waals surface area contributed by atoms with Gasteiger partial charge < -0.3 is 19.5 Å². The van der Waals surface area contributed by atoms with Crippen LogP contribution >= 0.6 is 11.3 Å². The summed E-state index contributed by atoms with van der Waals surface area (Å²) in [5.41, 5.74) is 1.79. The molecule has 1 aliphatic carbocycles. The molecule has 0 amide bonds. The van der Waals surface area contributed by atoms with Crippen molar-refractivity contribution in [3.8, 4) is 5.75 Å². The highest BCUT2D eigenvalue weighted by atomic mass is 32.1. The number of fused-ring (bicyclic) bond motifs is 1. The molecule has 0 radical (unpaired) electrons. The predicted molar refractivity (Wildman–Crippen MR) is 109 cm³/mol. The largest absolute Gasteiger partial charge is 0.488 e. The third kappa shape index (κ3) is 3.68. The number of benzene rings is 1. The third-order valence-corrected chi connectivity index (χ3v) is 6.56. The number of halogens is 1. The van der Waals surface area contributed by atoms with Crippen LogP contribution in [0.2, 0.25) is 0 Å². The molecule has 3 aromatic rings. The monoisotopic (exact) mass is 415 g/mol. The first-order valence-corrected chi connectivity index (χ1v) is 10.7. The molecule has 8 heteroatoms. The van der Waals surface area contributed by atoms with E-state index in [1.54, 1.807) is 17.4 Å². The number of nitrogens with zero attached hydrogens (tertiary/aromatic N) is 2. The number of aromatic nitrogens is 2. The van der Waals surface area contributed by atoms with E-state index < -0.39 is 5.79 Å². The molecule has 0 bridgehead atoms. The van der Waals surface area contributed by atoms with Gasteiger partial charge in [-0.15, -0.1) is 11.3 Å². The smallest absolute Gasteiger partial charge is 0.168 e. The van der Waals surface area contributed by atoms with Gasteiger partial charge in [-0.25, -0.2) is 14.4 Å². The molecule has 1 aliphatic heterocycles. The second-order valence-electron chi connectivity index (χ2n) is 7.51. The zero-order valence-electron chi connectivity index (χ0n) is 16.1. The fourth-order valence-electron chi connectivity index (χ4n) is 4.05. The summed E-state index contributed by atoms with van der Waals surface area (Å²) < 4.78 is 31.8. The molecular weight excluding hydrogens is 393 g/mol. The SMILES string of the molecule is Cc1csc2ncnc(Nc3ccc(F)cc3OC3CCC4(CC3)OCCO4)c12. The first kappa shape index (κ1) is 18.7. The molecule has 3 heterocycles. The Bertz CT molecular complexity index is 1030. The molecule has 29 heavy (non-hydrogen) atoms. The van der Waals surface area contributed by atoms with Gasteiger partial charge in [-0.05, 0) is 42.8 Å². The van der Waals surface area contributed by atoms with Gasteiger partial charge in [-0.3, -0.25) is 0 Å². The van der Waals surface area contributed by atoms with Crippen molar-refractivity contribution in [1.29, 1.82) is 0 Å². The molecule has 1 saturated heterocycles. The highest BCUT2D eigenvalue weighted by Gasteiger charge is 2.41. The summed E-state index contributed by atoms with van der Waals surface area (Å²) in [7, 11) is 0. The summed E-state index contributed by atoms with van der Waals surface area (Å²) >= 11 is 1.58. The maximum Gasteiger partial charge on any atom is 0.168 e. The molecule has 1 aromatic carbocycles. The average molecular weight is 415 g/mol. The number of thiophene rings is 1. The first-order valence-electron chi connectivity index (χ1n) is 9.82. The minimum atomic E-state index is -0.439. The van der Waals surface area contributed by atoms with Gasteiger partial charge in [-0.1, -0.05) is 0 Å². The molecule has 0 unspecified atom stereocenters. The van der Waals surface area contributed by atoms with Gasteiger partial charge in [0.2, 0.25) is 0 Å². The van der Waals surface area contributed by atoms with E-state index in [1.807, 2.05) is 6.92 Å². The van der Waals surface area contributed by atoms with Crippen LogP contribution in [-0.4, -0.2) is 35.1 Å². The van der Waals surface area contributed by atoms with Crippen molar-refractivity contribution in [1.82, 2.24) is 9.97 Å². The Morgan fingerprint density at radius 3 is 2.79 bits per heavy atom. The Labute approximate surface area is 172 Å². The summed E-state index contributed by atoms with van der Waals surface area (Å²) in [5, 5.41) is 6.35. The lowest BCUT2D eigenvalue weighted by Crippen LogP contribution is -2.38. The predicted octanol–water partition coefficient (Wildman–Crippen LogP) is 4.95. The Morgan fingerprint density at radius 1 is 1.21 bits per heavy atom. The zero-order chi connectivity index (χ0) is 19.8. The highest BCUT2D eigenvalue weighted by molar-refractivity contribution is 7.17. The lowest BCUT2D eigenvalue weighted by molar-refractivity contribution is -0.185. The fraction of sp³-hybridized carbons (Fsp3) is 0.429. The minimum Gasteiger partial charge on any atom is -0.488 e. The van der Waals surface area contributed by atoms with Crippen molar-refractivity contribution in [2.75, 3.05) is 18.5 Å². The number of anilines is 2. The second-order valence-corrected chi connectivity index (χ2v) is 8.37. The van der Waals surface area contributed by atoms with Crippen LogP contribution in [0.15, 0.2) is 29.9 Å². The van der Waals surface area contributed by atoms with Crippen molar-refractivity contribution in [2.45, 2.75) is 44.5 Å². The van der Waals surface area contributed by atoms with E-state index in [-0.39, 0.29) is 11.9 Å². The Balaban J connectivity index is 1.37. The quantitative estimate of drug-likeness (QED) is 0.651. The van der Waals surface area contributed by atoms with Gasteiger partial charge in [0.25, 0.3) is 0 Å². The number of hydrogen-bond acceptors (Lipinski definition) is 7. The molecule has 2 aromatic heterocycles. The van der Waals surface area contributed by atoms with Crippen molar-refractivity contribution in [3.05, 3.63) is 41.3 Å². The van der Waals surface area contributed by atoms with E-state index in [0.29, 0.717) is 30.5 Å². The van der Waals surface area contributed by atoms with Crippen LogP contribution in [0.25, 0.3) is 10.2 Å². The summed E-state index contributed by atoms with van der Waals surface area (Å²) in [4.78, 5) is 9.63. The van der Waals surface area contributed by atoms with Crippen LogP contribution in [-0.2, 0) is 9.47 Å². The van der Waals surface area contributed by atoms with Crippen LogP contribution in [0.5, 0.6) is 5.75 Å². The van der Waals surface area contributed by atoms with Crippen molar-refractivity contribution >= 4 is 33.1 Å². The van der Waals surface area contributed by atoms with Gasteiger partial charge in [0.1, 0.15) is 28.5 Å².